The van der Waals surface area contributed by atoms with Crippen molar-refractivity contribution >= 4 is 9.84 Å². The van der Waals surface area contributed by atoms with Crippen molar-refractivity contribution in [2.24, 2.45) is 5.92 Å². The van der Waals surface area contributed by atoms with Gasteiger partial charge in [0.15, 0.2) is 9.84 Å². The number of rotatable bonds is 8. The summed E-state index contributed by atoms with van der Waals surface area (Å²) >= 11 is 0. The van der Waals surface area contributed by atoms with Crippen LogP contribution >= 0.6 is 0 Å². The van der Waals surface area contributed by atoms with E-state index in [1.165, 1.54) is 0 Å². The Hall–Kier alpha value is -0.870. The molecular formula is C15H25NO2S. The van der Waals surface area contributed by atoms with Crippen molar-refractivity contribution in [1.29, 1.82) is 0 Å². The van der Waals surface area contributed by atoms with Gasteiger partial charge in [-0.1, -0.05) is 51.1 Å². The second-order valence-corrected chi connectivity index (χ2v) is 7.55. The van der Waals surface area contributed by atoms with Gasteiger partial charge >= 0.3 is 0 Å². The number of sulfone groups is 1. The Morgan fingerprint density at radius 2 is 1.79 bits per heavy atom. The molecule has 1 rings (SSSR count). The Bertz CT molecular complexity index is 454. The van der Waals surface area contributed by atoms with Crippen molar-refractivity contribution in [3.63, 3.8) is 0 Å². The molecular weight excluding hydrogens is 258 g/mol. The topological polar surface area (TPSA) is 46.2 Å². The quantitative estimate of drug-likeness (QED) is 0.798. The molecule has 0 heterocycles. The highest BCUT2D eigenvalue weighted by Gasteiger charge is 2.20. The smallest absolute Gasteiger partial charge is 0.152 e. The lowest BCUT2D eigenvalue weighted by Gasteiger charge is -2.18. The molecule has 1 N–H and O–H groups in total. The Balaban J connectivity index is 2.73. The van der Waals surface area contributed by atoms with Gasteiger partial charge in [-0.3, -0.25) is 0 Å². The van der Waals surface area contributed by atoms with Crippen molar-refractivity contribution in [3.8, 4) is 0 Å². The molecule has 108 valence electrons. The average molecular weight is 283 g/mol. The maximum Gasteiger partial charge on any atom is 0.152 e. The van der Waals surface area contributed by atoms with Crippen LogP contribution in [0.1, 0.15) is 38.8 Å². The highest BCUT2D eigenvalue weighted by atomic mass is 32.2. The van der Waals surface area contributed by atoms with Gasteiger partial charge in [-0.15, -0.1) is 0 Å². The summed E-state index contributed by atoms with van der Waals surface area (Å²) < 4.78 is 24.3. The van der Waals surface area contributed by atoms with Gasteiger partial charge in [0.2, 0.25) is 0 Å². The predicted molar refractivity (Wildman–Crippen MR) is 81.0 cm³/mol. The summed E-state index contributed by atoms with van der Waals surface area (Å²) in [6.07, 6.45) is 0.732. The van der Waals surface area contributed by atoms with Crippen LogP contribution < -0.4 is 5.32 Å². The molecule has 1 unspecified atom stereocenters. The summed E-state index contributed by atoms with van der Waals surface area (Å²) in [5.74, 6) is 0.876. The second kappa shape index (κ2) is 7.65. The van der Waals surface area contributed by atoms with Gasteiger partial charge in [0.05, 0.1) is 11.5 Å². The van der Waals surface area contributed by atoms with Gasteiger partial charge in [0.1, 0.15) is 0 Å². The maximum atomic E-state index is 12.2. The minimum Gasteiger partial charge on any atom is -0.309 e. The van der Waals surface area contributed by atoms with E-state index < -0.39 is 9.84 Å². The number of nitrogens with one attached hydrogen (secondary N) is 1. The maximum absolute atomic E-state index is 12.2. The van der Waals surface area contributed by atoms with Gasteiger partial charge in [0, 0.05) is 6.04 Å². The van der Waals surface area contributed by atoms with Crippen molar-refractivity contribution in [2.75, 3.05) is 18.1 Å². The Morgan fingerprint density at radius 1 is 1.16 bits per heavy atom. The van der Waals surface area contributed by atoms with E-state index >= 15 is 0 Å². The van der Waals surface area contributed by atoms with Gasteiger partial charge in [0.25, 0.3) is 0 Å². The second-order valence-electron chi connectivity index (χ2n) is 5.32. The summed E-state index contributed by atoms with van der Waals surface area (Å²) in [6.45, 7) is 6.86. The molecule has 1 atom stereocenters. The lowest BCUT2D eigenvalue weighted by Crippen LogP contribution is -2.29. The molecule has 0 fully saturated rings. The van der Waals surface area contributed by atoms with E-state index in [0.29, 0.717) is 5.92 Å². The van der Waals surface area contributed by atoms with Crippen LogP contribution in [-0.2, 0) is 9.84 Å². The van der Waals surface area contributed by atoms with E-state index in [-0.39, 0.29) is 17.5 Å². The van der Waals surface area contributed by atoms with Crippen LogP contribution in [0.2, 0.25) is 0 Å². The van der Waals surface area contributed by atoms with Crippen molar-refractivity contribution in [2.45, 2.75) is 33.2 Å². The molecule has 0 aliphatic heterocycles. The zero-order chi connectivity index (χ0) is 14.3. The van der Waals surface area contributed by atoms with Crippen molar-refractivity contribution in [1.82, 2.24) is 5.32 Å². The molecule has 0 bridgehead atoms. The van der Waals surface area contributed by atoms with Gasteiger partial charge in [-0.2, -0.15) is 0 Å². The first-order chi connectivity index (χ1) is 8.94. The fourth-order valence-corrected chi connectivity index (χ4v) is 3.77. The molecule has 0 aliphatic carbocycles. The average Bonchev–Trinajstić information content (AvgIpc) is 2.37. The predicted octanol–water partition coefficient (Wildman–Crippen LogP) is 2.80. The Morgan fingerprint density at radius 3 is 2.32 bits per heavy atom. The minimum absolute atomic E-state index is 0.108. The zero-order valence-electron chi connectivity index (χ0n) is 12.1. The summed E-state index contributed by atoms with van der Waals surface area (Å²) in [5, 5.41) is 3.26. The van der Waals surface area contributed by atoms with Gasteiger partial charge in [-0.25, -0.2) is 8.42 Å². The zero-order valence-corrected chi connectivity index (χ0v) is 12.9. The fourth-order valence-electron chi connectivity index (χ4n) is 1.96. The monoisotopic (exact) mass is 283 g/mol. The van der Waals surface area contributed by atoms with Crippen LogP contribution in [0.4, 0.5) is 0 Å². The Kier molecular flexibility index (Phi) is 6.52. The molecule has 0 saturated heterocycles. The van der Waals surface area contributed by atoms with Crippen molar-refractivity contribution < 1.29 is 8.42 Å². The third kappa shape index (κ3) is 6.21. The summed E-state index contributed by atoms with van der Waals surface area (Å²) in [5.41, 5.74) is 1.04. The SMILES string of the molecule is CCNC(CS(=O)(=O)CCC(C)C)c1ccccc1. The minimum atomic E-state index is -3.01. The first kappa shape index (κ1) is 16.2. The molecule has 0 spiro atoms. The highest BCUT2D eigenvalue weighted by Crippen LogP contribution is 2.16. The highest BCUT2D eigenvalue weighted by molar-refractivity contribution is 7.91. The molecule has 0 radical (unpaired) electrons. The van der Waals surface area contributed by atoms with E-state index in [2.05, 4.69) is 19.2 Å². The molecule has 1 aromatic rings. The third-order valence-corrected chi connectivity index (χ3v) is 4.78. The molecule has 0 saturated carbocycles. The normalized spacial score (nSPS) is 13.7. The standard InChI is InChI=1S/C15H25NO2S/c1-4-16-15(14-8-6-5-7-9-14)12-19(17,18)11-10-13(2)3/h5-9,13,15-16H,4,10-12H2,1-3H3. The summed E-state index contributed by atoms with van der Waals surface area (Å²) in [4.78, 5) is 0. The lowest BCUT2D eigenvalue weighted by molar-refractivity contribution is 0.548. The molecule has 0 aliphatic rings. The van der Waals surface area contributed by atoms with E-state index in [1.54, 1.807) is 0 Å². The largest absolute Gasteiger partial charge is 0.309 e. The number of benzene rings is 1. The first-order valence-corrected chi connectivity index (χ1v) is 8.75. The van der Waals surface area contributed by atoms with Gasteiger partial charge < -0.3 is 5.32 Å². The molecule has 0 amide bonds. The van der Waals surface area contributed by atoms with Crippen LogP contribution in [0, 0.1) is 5.92 Å². The van der Waals surface area contributed by atoms with E-state index in [1.807, 2.05) is 37.3 Å². The van der Waals surface area contributed by atoms with Crippen LogP contribution in [0.5, 0.6) is 0 Å². The molecule has 1 aromatic carbocycles. The summed E-state index contributed by atoms with van der Waals surface area (Å²) in [7, 11) is -3.01. The fraction of sp³-hybridized carbons (Fsp3) is 0.600. The first-order valence-electron chi connectivity index (χ1n) is 6.93. The number of hydrogen-bond acceptors (Lipinski definition) is 3. The van der Waals surface area contributed by atoms with Crippen LogP contribution in [0.25, 0.3) is 0 Å². The third-order valence-electron chi connectivity index (χ3n) is 3.08. The molecule has 3 nitrogen and oxygen atoms in total. The molecule has 0 aromatic heterocycles. The van der Waals surface area contributed by atoms with Crippen molar-refractivity contribution in [3.05, 3.63) is 35.9 Å². The lowest BCUT2D eigenvalue weighted by atomic mass is 10.1. The van der Waals surface area contributed by atoms with E-state index in [4.69, 9.17) is 0 Å². The Labute approximate surface area is 117 Å². The molecule has 19 heavy (non-hydrogen) atoms. The van der Waals surface area contributed by atoms with Crippen LogP contribution in [-0.4, -0.2) is 26.5 Å². The molecule has 4 heteroatoms. The van der Waals surface area contributed by atoms with E-state index in [9.17, 15) is 8.42 Å². The summed E-state index contributed by atoms with van der Waals surface area (Å²) in [6, 6.07) is 9.68. The van der Waals surface area contributed by atoms with E-state index in [0.717, 1.165) is 18.5 Å². The van der Waals surface area contributed by atoms with Crippen LogP contribution in [0.15, 0.2) is 30.3 Å². The van der Waals surface area contributed by atoms with Crippen LogP contribution in [0.3, 0.4) is 0 Å². The van der Waals surface area contributed by atoms with Gasteiger partial charge in [-0.05, 0) is 24.4 Å². The number of hydrogen-bond donors (Lipinski definition) is 1.